The molecule has 0 saturated carbocycles. The Kier molecular flexibility index (Phi) is 5.06. The molecule has 0 aliphatic rings. The van der Waals surface area contributed by atoms with Crippen LogP contribution in [0.4, 0.5) is 0 Å². The van der Waals surface area contributed by atoms with Gasteiger partial charge in [0.25, 0.3) is 0 Å². The molecule has 1 aromatic rings. The number of hydrogen-bond acceptors (Lipinski definition) is 2. The van der Waals surface area contributed by atoms with Gasteiger partial charge in [0.2, 0.25) is 0 Å². The lowest BCUT2D eigenvalue weighted by Crippen LogP contribution is -2.02. The summed E-state index contributed by atoms with van der Waals surface area (Å²) in [6.45, 7) is 5.99. The molecule has 16 heavy (non-hydrogen) atoms. The highest BCUT2D eigenvalue weighted by atomic mass is 35.5. The minimum absolute atomic E-state index is 0.136. The minimum atomic E-state index is 0.136. The fraction of sp³-hybridized carbons (Fsp3) is 0.308. The minimum Gasteiger partial charge on any atom is -0.489 e. The first-order valence-electron chi connectivity index (χ1n) is 5.16. The zero-order valence-corrected chi connectivity index (χ0v) is 10.1. The number of ether oxygens (including phenoxy) is 1. The second kappa shape index (κ2) is 6.33. The van der Waals surface area contributed by atoms with E-state index in [1.54, 1.807) is 24.3 Å². The summed E-state index contributed by atoms with van der Waals surface area (Å²) in [5, 5.41) is 0. The van der Waals surface area contributed by atoms with Crippen molar-refractivity contribution in [3.63, 3.8) is 0 Å². The van der Waals surface area contributed by atoms with Crippen molar-refractivity contribution in [2.75, 3.05) is 12.5 Å². The van der Waals surface area contributed by atoms with Gasteiger partial charge in [-0.15, -0.1) is 11.6 Å². The molecule has 0 radical (unpaired) electrons. The predicted molar refractivity (Wildman–Crippen MR) is 66.4 cm³/mol. The van der Waals surface area contributed by atoms with Crippen LogP contribution < -0.4 is 4.74 Å². The standard InChI is InChI=1S/C13H15ClO2/c1-3-13(15)11-4-6-12(7-5-11)16-9-10(2)8-14/h4-7H,2-3,8-9H2,1H3. The summed E-state index contributed by atoms with van der Waals surface area (Å²) in [7, 11) is 0. The van der Waals surface area contributed by atoms with Crippen LogP contribution in [0.15, 0.2) is 36.4 Å². The molecule has 0 amide bonds. The van der Waals surface area contributed by atoms with Gasteiger partial charge in [0.15, 0.2) is 5.78 Å². The predicted octanol–water partition coefficient (Wildman–Crippen LogP) is 3.45. The van der Waals surface area contributed by atoms with Gasteiger partial charge in [0, 0.05) is 17.9 Å². The Balaban J connectivity index is 2.58. The van der Waals surface area contributed by atoms with Gasteiger partial charge < -0.3 is 4.74 Å². The van der Waals surface area contributed by atoms with Gasteiger partial charge in [-0.05, 0) is 29.8 Å². The number of carbonyl (C=O) groups excluding carboxylic acids is 1. The number of ketones is 1. The molecule has 86 valence electrons. The Hall–Kier alpha value is -1.28. The second-order valence-electron chi connectivity index (χ2n) is 3.47. The third-order valence-electron chi connectivity index (χ3n) is 2.13. The van der Waals surface area contributed by atoms with Crippen LogP contribution in [0.1, 0.15) is 23.7 Å². The molecule has 0 aliphatic heterocycles. The molecule has 1 rings (SSSR count). The number of Topliss-reactive ketones (excluding diaryl/α,β-unsaturated/α-hetero) is 1. The molecule has 0 N–H and O–H groups in total. The Bertz CT molecular complexity index is 368. The first-order chi connectivity index (χ1) is 7.67. The van der Waals surface area contributed by atoms with E-state index >= 15 is 0 Å². The fourth-order valence-corrected chi connectivity index (χ4v) is 1.24. The van der Waals surface area contributed by atoms with E-state index in [1.165, 1.54) is 0 Å². The van der Waals surface area contributed by atoms with Crippen molar-refractivity contribution in [3.8, 4) is 5.75 Å². The Morgan fingerprint density at radius 3 is 2.50 bits per heavy atom. The fourth-order valence-electron chi connectivity index (χ4n) is 1.17. The number of rotatable bonds is 6. The molecule has 1 aromatic carbocycles. The van der Waals surface area contributed by atoms with Crippen LogP contribution in [-0.4, -0.2) is 18.3 Å². The third-order valence-corrected chi connectivity index (χ3v) is 2.51. The van der Waals surface area contributed by atoms with Gasteiger partial charge in [0.05, 0.1) is 0 Å². The molecule has 0 fully saturated rings. The Morgan fingerprint density at radius 1 is 1.38 bits per heavy atom. The van der Waals surface area contributed by atoms with Crippen LogP contribution in [0.5, 0.6) is 5.75 Å². The van der Waals surface area contributed by atoms with E-state index in [9.17, 15) is 4.79 Å². The van der Waals surface area contributed by atoms with E-state index in [2.05, 4.69) is 6.58 Å². The zero-order chi connectivity index (χ0) is 12.0. The summed E-state index contributed by atoms with van der Waals surface area (Å²) in [5.41, 5.74) is 1.54. The highest BCUT2D eigenvalue weighted by molar-refractivity contribution is 6.19. The van der Waals surface area contributed by atoms with E-state index in [-0.39, 0.29) is 5.78 Å². The quantitative estimate of drug-likeness (QED) is 0.431. The third kappa shape index (κ3) is 3.70. The summed E-state index contributed by atoms with van der Waals surface area (Å²) >= 11 is 5.58. The molecule has 0 spiro atoms. The van der Waals surface area contributed by atoms with Gasteiger partial charge in [0.1, 0.15) is 12.4 Å². The molecule has 0 saturated heterocycles. The molecular formula is C13H15ClO2. The molecule has 0 heterocycles. The lowest BCUT2D eigenvalue weighted by Gasteiger charge is -2.07. The van der Waals surface area contributed by atoms with Crippen molar-refractivity contribution in [2.45, 2.75) is 13.3 Å². The monoisotopic (exact) mass is 238 g/mol. The summed E-state index contributed by atoms with van der Waals surface area (Å²) < 4.78 is 5.43. The topological polar surface area (TPSA) is 26.3 Å². The van der Waals surface area contributed by atoms with Gasteiger partial charge in [-0.1, -0.05) is 13.5 Å². The van der Waals surface area contributed by atoms with Crippen LogP contribution in [0.3, 0.4) is 0 Å². The zero-order valence-electron chi connectivity index (χ0n) is 9.33. The number of carbonyl (C=O) groups is 1. The number of halogens is 1. The largest absolute Gasteiger partial charge is 0.489 e. The van der Waals surface area contributed by atoms with Crippen LogP contribution in [0, 0.1) is 0 Å². The highest BCUT2D eigenvalue weighted by Gasteiger charge is 2.02. The van der Waals surface area contributed by atoms with E-state index in [1.807, 2.05) is 6.92 Å². The smallest absolute Gasteiger partial charge is 0.162 e. The number of benzene rings is 1. The lowest BCUT2D eigenvalue weighted by molar-refractivity contribution is 0.0988. The van der Waals surface area contributed by atoms with Crippen molar-refractivity contribution in [3.05, 3.63) is 42.0 Å². The lowest BCUT2D eigenvalue weighted by atomic mass is 10.1. The van der Waals surface area contributed by atoms with Crippen molar-refractivity contribution >= 4 is 17.4 Å². The molecule has 0 bridgehead atoms. The van der Waals surface area contributed by atoms with E-state index < -0.39 is 0 Å². The second-order valence-corrected chi connectivity index (χ2v) is 3.74. The van der Waals surface area contributed by atoms with Crippen LogP contribution in [-0.2, 0) is 0 Å². The molecule has 0 atom stereocenters. The highest BCUT2D eigenvalue weighted by Crippen LogP contribution is 2.14. The Morgan fingerprint density at radius 2 is 2.00 bits per heavy atom. The van der Waals surface area contributed by atoms with Gasteiger partial charge in [-0.25, -0.2) is 0 Å². The first-order valence-corrected chi connectivity index (χ1v) is 5.69. The van der Waals surface area contributed by atoms with Crippen LogP contribution in [0.2, 0.25) is 0 Å². The SMILES string of the molecule is C=C(CCl)COc1ccc(C(=O)CC)cc1. The van der Waals surface area contributed by atoms with E-state index in [0.717, 1.165) is 11.3 Å². The average Bonchev–Trinajstić information content (AvgIpc) is 2.35. The number of hydrogen-bond donors (Lipinski definition) is 0. The van der Waals surface area contributed by atoms with Gasteiger partial charge >= 0.3 is 0 Å². The van der Waals surface area contributed by atoms with Crippen molar-refractivity contribution in [1.29, 1.82) is 0 Å². The Labute approximate surface area is 101 Å². The molecule has 0 aliphatic carbocycles. The maximum atomic E-state index is 11.4. The molecule has 0 aromatic heterocycles. The van der Waals surface area contributed by atoms with Crippen molar-refractivity contribution in [2.24, 2.45) is 0 Å². The summed E-state index contributed by atoms with van der Waals surface area (Å²) in [6.07, 6.45) is 0.517. The maximum Gasteiger partial charge on any atom is 0.162 e. The number of alkyl halides is 1. The molecule has 0 unspecified atom stereocenters. The normalized spacial score (nSPS) is 9.88. The molecular weight excluding hydrogens is 224 g/mol. The average molecular weight is 239 g/mol. The maximum absolute atomic E-state index is 11.4. The van der Waals surface area contributed by atoms with Crippen LogP contribution in [0.25, 0.3) is 0 Å². The summed E-state index contributed by atoms with van der Waals surface area (Å²) in [4.78, 5) is 11.4. The molecule has 3 heteroatoms. The van der Waals surface area contributed by atoms with Gasteiger partial charge in [-0.3, -0.25) is 4.79 Å². The van der Waals surface area contributed by atoms with E-state index in [0.29, 0.717) is 24.5 Å². The van der Waals surface area contributed by atoms with Crippen molar-refractivity contribution in [1.82, 2.24) is 0 Å². The van der Waals surface area contributed by atoms with Gasteiger partial charge in [-0.2, -0.15) is 0 Å². The molecule has 2 nitrogen and oxygen atoms in total. The van der Waals surface area contributed by atoms with Crippen LogP contribution >= 0.6 is 11.6 Å². The summed E-state index contributed by atoms with van der Waals surface area (Å²) in [6, 6.07) is 7.10. The first kappa shape index (κ1) is 12.8. The van der Waals surface area contributed by atoms with Crippen molar-refractivity contribution < 1.29 is 9.53 Å². The van der Waals surface area contributed by atoms with E-state index in [4.69, 9.17) is 16.3 Å². The summed E-state index contributed by atoms with van der Waals surface area (Å²) in [5.74, 6) is 1.25.